The summed E-state index contributed by atoms with van der Waals surface area (Å²) in [6, 6.07) is 7.65. The number of alkyl halides is 2. The van der Waals surface area contributed by atoms with Gasteiger partial charge in [0.05, 0.1) is 23.4 Å². The first kappa shape index (κ1) is 19.4. The van der Waals surface area contributed by atoms with Gasteiger partial charge in [-0.1, -0.05) is 18.2 Å². The molecule has 1 aliphatic heterocycles. The van der Waals surface area contributed by atoms with Gasteiger partial charge in [0.25, 0.3) is 11.8 Å². The van der Waals surface area contributed by atoms with Gasteiger partial charge >= 0.3 is 0 Å². The van der Waals surface area contributed by atoms with Crippen molar-refractivity contribution in [3.8, 4) is 11.1 Å². The van der Waals surface area contributed by atoms with Gasteiger partial charge in [0, 0.05) is 30.3 Å². The highest BCUT2D eigenvalue weighted by molar-refractivity contribution is 7.13. The van der Waals surface area contributed by atoms with Crippen molar-refractivity contribution < 1.29 is 18.0 Å². The third kappa shape index (κ3) is 3.95. The molecular formula is C20H17F3N4OS. The molecule has 29 heavy (non-hydrogen) atoms. The Labute approximate surface area is 169 Å². The molecule has 1 aromatic carbocycles. The molecule has 4 rings (SSSR count). The maximum atomic E-state index is 14.5. The van der Waals surface area contributed by atoms with Crippen LogP contribution in [0.4, 0.5) is 24.7 Å². The zero-order chi connectivity index (χ0) is 20.6. The molecule has 1 aliphatic rings. The van der Waals surface area contributed by atoms with Gasteiger partial charge < -0.3 is 10.2 Å². The van der Waals surface area contributed by atoms with Crippen LogP contribution >= 0.6 is 11.3 Å². The molecule has 0 radical (unpaired) electrons. The van der Waals surface area contributed by atoms with E-state index in [0.717, 1.165) is 5.01 Å². The van der Waals surface area contributed by atoms with Crippen molar-refractivity contribution in [1.82, 2.24) is 9.97 Å². The Kier molecular flexibility index (Phi) is 4.99. The first-order valence-electron chi connectivity index (χ1n) is 8.94. The van der Waals surface area contributed by atoms with Crippen molar-refractivity contribution in [2.75, 3.05) is 23.3 Å². The number of carbonyl (C=O) groups excluding carboxylic acids is 1. The molecule has 1 amide bonds. The monoisotopic (exact) mass is 418 g/mol. The van der Waals surface area contributed by atoms with E-state index in [1.165, 1.54) is 34.7 Å². The molecule has 0 atom stereocenters. The molecule has 3 heterocycles. The Morgan fingerprint density at radius 2 is 2.00 bits per heavy atom. The van der Waals surface area contributed by atoms with Gasteiger partial charge in [-0.15, -0.1) is 11.3 Å². The number of aryl methyl sites for hydroxylation is 1. The number of nitrogens with zero attached hydrogens (tertiary/aromatic N) is 3. The first-order valence-corrected chi connectivity index (χ1v) is 9.76. The summed E-state index contributed by atoms with van der Waals surface area (Å²) in [6.07, 6.45) is 2.57. The molecule has 0 unspecified atom stereocenters. The molecule has 1 N–H and O–H groups in total. The number of hydrogen-bond acceptors (Lipinski definition) is 5. The first-order chi connectivity index (χ1) is 13.8. The minimum absolute atomic E-state index is 0.0866. The number of benzene rings is 1. The van der Waals surface area contributed by atoms with Crippen LogP contribution in [0.1, 0.15) is 21.1 Å². The van der Waals surface area contributed by atoms with E-state index in [9.17, 15) is 18.0 Å². The highest BCUT2D eigenvalue weighted by atomic mass is 32.1. The van der Waals surface area contributed by atoms with Crippen molar-refractivity contribution in [1.29, 1.82) is 0 Å². The number of aromatic nitrogens is 2. The van der Waals surface area contributed by atoms with Gasteiger partial charge in [0.1, 0.15) is 10.7 Å². The van der Waals surface area contributed by atoms with E-state index in [1.54, 1.807) is 31.2 Å². The molecule has 0 bridgehead atoms. The highest BCUT2D eigenvalue weighted by Crippen LogP contribution is 2.39. The quantitative estimate of drug-likeness (QED) is 0.664. The van der Waals surface area contributed by atoms with Gasteiger partial charge in [-0.05, 0) is 19.1 Å². The summed E-state index contributed by atoms with van der Waals surface area (Å²) in [5, 5.41) is 3.47. The summed E-state index contributed by atoms with van der Waals surface area (Å²) in [4.78, 5) is 22.8. The zero-order valence-electron chi connectivity index (χ0n) is 15.5. The molecule has 3 aromatic rings. The maximum absolute atomic E-state index is 14.5. The number of thiazole rings is 1. The second kappa shape index (κ2) is 7.47. The normalized spacial score (nSPS) is 15.5. The molecule has 150 valence electrons. The van der Waals surface area contributed by atoms with Gasteiger partial charge in [-0.25, -0.2) is 23.1 Å². The smallest absolute Gasteiger partial charge is 0.267 e. The van der Waals surface area contributed by atoms with Crippen molar-refractivity contribution in [3.05, 3.63) is 58.4 Å². The molecule has 9 heteroatoms. The Hall–Kier alpha value is -2.94. The lowest BCUT2D eigenvalue weighted by molar-refractivity contribution is 0.0257. The van der Waals surface area contributed by atoms with Crippen LogP contribution in [0, 0.1) is 12.7 Å². The van der Waals surface area contributed by atoms with Crippen molar-refractivity contribution >= 4 is 28.7 Å². The number of carbonyl (C=O) groups is 1. The van der Waals surface area contributed by atoms with Crippen LogP contribution in [0.5, 0.6) is 0 Å². The molecule has 1 fully saturated rings. The van der Waals surface area contributed by atoms with Crippen molar-refractivity contribution in [2.24, 2.45) is 0 Å². The fourth-order valence-electron chi connectivity index (χ4n) is 3.28. The number of amides is 1. The Morgan fingerprint density at radius 1 is 1.21 bits per heavy atom. The fourth-order valence-corrected chi connectivity index (χ4v) is 3.95. The van der Waals surface area contributed by atoms with Gasteiger partial charge in [0.15, 0.2) is 5.82 Å². The van der Waals surface area contributed by atoms with E-state index in [0.29, 0.717) is 10.4 Å². The van der Waals surface area contributed by atoms with Crippen LogP contribution in [0.25, 0.3) is 11.1 Å². The SMILES string of the molecule is Cc1ncc(C(=O)Nc2c(-c3ccccc3F)ccnc2N2CCC(F)(F)C2)s1. The number of halogens is 3. The van der Waals surface area contributed by atoms with Gasteiger partial charge in [0.2, 0.25) is 0 Å². The predicted molar refractivity (Wildman–Crippen MR) is 106 cm³/mol. The van der Waals surface area contributed by atoms with E-state index >= 15 is 0 Å². The summed E-state index contributed by atoms with van der Waals surface area (Å²) in [5.41, 5.74) is 0.821. The van der Waals surface area contributed by atoms with Crippen LogP contribution in [0.2, 0.25) is 0 Å². The third-order valence-corrected chi connectivity index (χ3v) is 5.56. The molecule has 2 aromatic heterocycles. The largest absolute Gasteiger partial charge is 0.349 e. The van der Waals surface area contributed by atoms with Crippen molar-refractivity contribution in [2.45, 2.75) is 19.3 Å². The molecular weight excluding hydrogens is 401 g/mol. The van der Waals surface area contributed by atoms with Gasteiger partial charge in [-0.2, -0.15) is 0 Å². The summed E-state index contributed by atoms with van der Waals surface area (Å²) in [7, 11) is 0. The molecule has 0 spiro atoms. The Bertz CT molecular complexity index is 1070. The summed E-state index contributed by atoms with van der Waals surface area (Å²) >= 11 is 1.21. The summed E-state index contributed by atoms with van der Waals surface area (Å²) in [5.74, 6) is -3.59. The fraction of sp³-hybridized carbons (Fsp3) is 0.250. The van der Waals surface area contributed by atoms with E-state index in [4.69, 9.17) is 0 Å². The molecule has 0 saturated carbocycles. The van der Waals surface area contributed by atoms with Crippen LogP contribution < -0.4 is 10.2 Å². The molecule has 1 saturated heterocycles. The lowest BCUT2D eigenvalue weighted by Crippen LogP contribution is -2.27. The van der Waals surface area contributed by atoms with E-state index in [-0.39, 0.29) is 30.0 Å². The topological polar surface area (TPSA) is 58.1 Å². The van der Waals surface area contributed by atoms with Crippen LogP contribution in [-0.2, 0) is 0 Å². The lowest BCUT2D eigenvalue weighted by Gasteiger charge is -2.23. The second-order valence-corrected chi connectivity index (χ2v) is 8.00. The van der Waals surface area contributed by atoms with Crippen LogP contribution in [0.3, 0.4) is 0 Å². The van der Waals surface area contributed by atoms with Crippen LogP contribution in [-0.4, -0.2) is 34.9 Å². The maximum Gasteiger partial charge on any atom is 0.267 e. The minimum atomic E-state index is -2.84. The van der Waals surface area contributed by atoms with E-state index in [1.807, 2.05) is 0 Å². The standard InChI is InChI=1S/C20H17F3N4OS/c1-12-25-10-16(29-12)19(28)26-17-14(13-4-2-3-5-15(13)21)6-8-24-18(17)27-9-7-20(22,23)11-27/h2-6,8,10H,7,9,11H2,1H3,(H,26,28). The number of hydrogen-bond donors (Lipinski definition) is 1. The summed E-state index contributed by atoms with van der Waals surface area (Å²) in [6.45, 7) is 1.35. The molecule has 0 aliphatic carbocycles. The highest BCUT2D eigenvalue weighted by Gasteiger charge is 2.40. The third-order valence-electron chi connectivity index (χ3n) is 4.65. The minimum Gasteiger partial charge on any atom is -0.349 e. The Balaban J connectivity index is 1.80. The number of pyridine rings is 1. The van der Waals surface area contributed by atoms with Gasteiger partial charge in [-0.3, -0.25) is 4.79 Å². The van der Waals surface area contributed by atoms with Crippen molar-refractivity contribution in [3.63, 3.8) is 0 Å². The zero-order valence-corrected chi connectivity index (χ0v) is 16.3. The number of anilines is 2. The van der Waals surface area contributed by atoms with E-state index < -0.39 is 24.2 Å². The molecule has 5 nitrogen and oxygen atoms in total. The average molecular weight is 418 g/mol. The second-order valence-electron chi connectivity index (χ2n) is 6.76. The number of rotatable bonds is 4. The summed E-state index contributed by atoms with van der Waals surface area (Å²) < 4.78 is 42.1. The number of nitrogens with one attached hydrogen (secondary N) is 1. The van der Waals surface area contributed by atoms with Crippen LogP contribution in [0.15, 0.2) is 42.7 Å². The predicted octanol–water partition coefficient (Wildman–Crippen LogP) is 4.75. The Morgan fingerprint density at radius 3 is 2.66 bits per heavy atom. The lowest BCUT2D eigenvalue weighted by atomic mass is 10.0. The average Bonchev–Trinajstić information content (AvgIpc) is 3.28. The van der Waals surface area contributed by atoms with E-state index in [2.05, 4.69) is 15.3 Å².